The smallest absolute Gasteiger partial charge is 0.240 e. The molecule has 2 aromatic carbocycles. The van der Waals surface area contributed by atoms with Gasteiger partial charge in [0.2, 0.25) is 10.0 Å². The van der Waals surface area contributed by atoms with Gasteiger partial charge in [-0.2, -0.15) is 0 Å². The Labute approximate surface area is 131 Å². The predicted octanol–water partition coefficient (Wildman–Crippen LogP) is 3.16. The second kappa shape index (κ2) is 6.13. The Kier molecular flexibility index (Phi) is 4.70. The molecule has 0 fully saturated rings. The quantitative estimate of drug-likeness (QED) is 0.806. The van der Waals surface area contributed by atoms with E-state index in [0.29, 0.717) is 5.69 Å². The van der Waals surface area contributed by atoms with Crippen LogP contribution in [0.4, 0.5) is 5.69 Å². The predicted molar refractivity (Wildman–Crippen MR) is 84.0 cm³/mol. The normalized spacial score (nSPS) is 11.5. The molecule has 2 rings (SSSR count). The molecule has 0 bridgehead atoms. The molecular weight excluding hydrogens is 364 g/mol. The van der Waals surface area contributed by atoms with Crippen molar-refractivity contribution in [2.75, 3.05) is 5.73 Å². The van der Waals surface area contributed by atoms with E-state index in [4.69, 9.17) is 17.3 Å². The standard InChI is InChI=1S/C13H12BrClN2O2S/c14-10-3-1-9(2-4-10)8-17-20(18,19)11-5-6-13(16)12(15)7-11/h1-7,17H,8,16H2. The van der Waals surface area contributed by atoms with E-state index in [1.165, 1.54) is 18.2 Å². The molecule has 0 radical (unpaired) electrons. The van der Waals surface area contributed by atoms with Crippen LogP contribution in [0.2, 0.25) is 5.02 Å². The zero-order chi connectivity index (χ0) is 14.8. The van der Waals surface area contributed by atoms with Gasteiger partial charge in [-0.15, -0.1) is 0 Å². The number of hydrogen-bond donors (Lipinski definition) is 2. The Morgan fingerprint density at radius 1 is 1.15 bits per heavy atom. The summed E-state index contributed by atoms with van der Waals surface area (Å²) < 4.78 is 27.7. The highest BCUT2D eigenvalue weighted by Crippen LogP contribution is 2.22. The van der Waals surface area contributed by atoms with Crippen molar-refractivity contribution in [2.24, 2.45) is 0 Å². The van der Waals surface area contributed by atoms with Crippen molar-refractivity contribution in [2.45, 2.75) is 11.4 Å². The number of rotatable bonds is 4. The highest BCUT2D eigenvalue weighted by Gasteiger charge is 2.14. The van der Waals surface area contributed by atoms with E-state index in [-0.39, 0.29) is 16.5 Å². The average molecular weight is 376 g/mol. The summed E-state index contributed by atoms with van der Waals surface area (Å²) in [5.41, 5.74) is 6.76. The molecule has 20 heavy (non-hydrogen) atoms. The van der Waals surface area contributed by atoms with Crippen LogP contribution < -0.4 is 10.5 Å². The van der Waals surface area contributed by atoms with E-state index < -0.39 is 10.0 Å². The van der Waals surface area contributed by atoms with E-state index in [9.17, 15) is 8.42 Å². The van der Waals surface area contributed by atoms with E-state index in [2.05, 4.69) is 20.7 Å². The summed E-state index contributed by atoms with van der Waals surface area (Å²) in [6.45, 7) is 0.206. The Hall–Kier alpha value is -1.08. The molecule has 0 saturated carbocycles. The van der Waals surface area contributed by atoms with E-state index in [0.717, 1.165) is 10.0 Å². The summed E-state index contributed by atoms with van der Waals surface area (Å²) >= 11 is 9.15. The molecule has 2 aromatic rings. The first-order valence-electron chi connectivity index (χ1n) is 5.67. The fourth-order valence-corrected chi connectivity index (χ4v) is 3.09. The molecule has 0 heterocycles. The second-order valence-electron chi connectivity index (χ2n) is 4.13. The summed E-state index contributed by atoms with van der Waals surface area (Å²) in [7, 11) is -3.61. The van der Waals surface area contributed by atoms with Gasteiger partial charge in [0.1, 0.15) is 0 Å². The number of hydrogen-bond acceptors (Lipinski definition) is 3. The lowest BCUT2D eigenvalue weighted by atomic mass is 10.2. The van der Waals surface area contributed by atoms with E-state index >= 15 is 0 Å². The van der Waals surface area contributed by atoms with Crippen LogP contribution in [-0.4, -0.2) is 8.42 Å². The van der Waals surface area contributed by atoms with Gasteiger partial charge in [0.05, 0.1) is 15.6 Å². The third-order valence-corrected chi connectivity index (χ3v) is 4.92. The van der Waals surface area contributed by atoms with E-state index in [1.54, 1.807) is 0 Å². The van der Waals surface area contributed by atoms with Crippen molar-refractivity contribution < 1.29 is 8.42 Å². The van der Waals surface area contributed by atoms with Crippen LogP contribution in [0.1, 0.15) is 5.56 Å². The fourth-order valence-electron chi connectivity index (χ4n) is 1.54. The summed E-state index contributed by atoms with van der Waals surface area (Å²) in [5, 5.41) is 0.219. The van der Waals surface area contributed by atoms with Crippen molar-refractivity contribution in [3.05, 3.63) is 57.5 Å². The summed E-state index contributed by atoms with van der Waals surface area (Å²) in [5.74, 6) is 0. The molecule has 0 unspecified atom stereocenters. The molecule has 0 atom stereocenters. The SMILES string of the molecule is Nc1ccc(S(=O)(=O)NCc2ccc(Br)cc2)cc1Cl. The topological polar surface area (TPSA) is 72.2 Å². The fraction of sp³-hybridized carbons (Fsp3) is 0.0769. The van der Waals surface area contributed by atoms with Crippen LogP contribution in [0, 0.1) is 0 Å². The van der Waals surface area contributed by atoms with Crippen molar-refractivity contribution in [1.29, 1.82) is 0 Å². The lowest BCUT2D eigenvalue weighted by Crippen LogP contribution is -2.23. The number of nitrogen functional groups attached to an aromatic ring is 1. The Bertz CT molecular complexity index is 718. The maximum absolute atomic E-state index is 12.1. The molecule has 106 valence electrons. The van der Waals surface area contributed by atoms with Gasteiger partial charge in [0, 0.05) is 11.0 Å². The van der Waals surface area contributed by atoms with Crippen molar-refractivity contribution in [1.82, 2.24) is 4.72 Å². The number of nitrogens with two attached hydrogens (primary N) is 1. The van der Waals surface area contributed by atoms with Crippen molar-refractivity contribution >= 4 is 43.2 Å². The third kappa shape index (κ3) is 3.73. The minimum atomic E-state index is -3.61. The van der Waals surface area contributed by atoms with Gasteiger partial charge in [-0.25, -0.2) is 13.1 Å². The molecule has 3 N–H and O–H groups in total. The first-order chi connectivity index (χ1) is 9.38. The number of anilines is 1. The van der Waals surface area contributed by atoms with Crippen LogP contribution in [0.25, 0.3) is 0 Å². The van der Waals surface area contributed by atoms with Crippen LogP contribution in [0.15, 0.2) is 51.8 Å². The van der Waals surface area contributed by atoms with Gasteiger partial charge in [0.15, 0.2) is 0 Å². The maximum atomic E-state index is 12.1. The van der Waals surface area contributed by atoms with Gasteiger partial charge >= 0.3 is 0 Å². The van der Waals surface area contributed by atoms with Gasteiger partial charge in [-0.3, -0.25) is 0 Å². The molecular formula is C13H12BrClN2O2S. The van der Waals surface area contributed by atoms with Gasteiger partial charge < -0.3 is 5.73 Å². The molecule has 7 heteroatoms. The molecule has 0 saturated heterocycles. The molecule has 0 aromatic heterocycles. The van der Waals surface area contributed by atoms with Gasteiger partial charge in [-0.1, -0.05) is 39.7 Å². The second-order valence-corrected chi connectivity index (χ2v) is 7.22. The molecule has 0 amide bonds. The van der Waals surface area contributed by atoms with E-state index in [1.807, 2.05) is 24.3 Å². The average Bonchev–Trinajstić information content (AvgIpc) is 2.41. The third-order valence-electron chi connectivity index (χ3n) is 2.66. The molecule has 0 spiro atoms. The van der Waals surface area contributed by atoms with Gasteiger partial charge in [0.25, 0.3) is 0 Å². The number of nitrogens with one attached hydrogen (secondary N) is 1. The number of benzene rings is 2. The maximum Gasteiger partial charge on any atom is 0.240 e. The zero-order valence-corrected chi connectivity index (χ0v) is 13.5. The molecule has 0 aliphatic rings. The molecule has 0 aliphatic heterocycles. The van der Waals surface area contributed by atoms with Crippen LogP contribution in [0.5, 0.6) is 0 Å². The summed E-state index contributed by atoms with van der Waals surface area (Å²) in [4.78, 5) is 0.0915. The van der Waals surface area contributed by atoms with Crippen LogP contribution in [0.3, 0.4) is 0 Å². The Morgan fingerprint density at radius 3 is 2.40 bits per heavy atom. The lowest BCUT2D eigenvalue weighted by molar-refractivity contribution is 0.581. The highest BCUT2D eigenvalue weighted by molar-refractivity contribution is 9.10. The largest absolute Gasteiger partial charge is 0.398 e. The lowest BCUT2D eigenvalue weighted by Gasteiger charge is -2.08. The molecule has 4 nitrogen and oxygen atoms in total. The number of halogens is 2. The molecule has 0 aliphatic carbocycles. The first kappa shape index (κ1) is 15.3. The monoisotopic (exact) mass is 374 g/mol. The summed E-state index contributed by atoms with van der Waals surface area (Å²) in [6, 6.07) is 11.6. The van der Waals surface area contributed by atoms with Crippen molar-refractivity contribution in [3.8, 4) is 0 Å². The number of sulfonamides is 1. The highest BCUT2D eigenvalue weighted by atomic mass is 79.9. The van der Waals surface area contributed by atoms with Crippen molar-refractivity contribution in [3.63, 3.8) is 0 Å². The van der Waals surface area contributed by atoms with Crippen LogP contribution >= 0.6 is 27.5 Å². The first-order valence-corrected chi connectivity index (χ1v) is 8.33. The van der Waals surface area contributed by atoms with Crippen LogP contribution in [-0.2, 0) is 16.6 Å². The van der Waals surface area contributed by atoms with Gasteiger partial charge in [-0.05, 0) is 35.9 Å². The minimum Gasteiger partial charge on any atom is -0.398 e. The summed E-state index contributed by atoms with van der Waals surface area (Å²) in [6.07, 6.45) is 0. The Balaban J connectivity index is 2.14. The zero-order valence-electron chi connectivity index (χ0n) is 10.3. The minimum absolute atomic E-state index is 0.0915. The Morgan fingerprint density at radius 2 is 1.80 bits per heavy atom.